The maximum absolute atomic E-state index is 12.4. The Hall–Kier alpha value is -3.51. The summed E-state index contributed by atoms with van der Waals surface area (Å²) in [5, 5.41) is 5.79. The number of carbonyl (C=O) groups excluding carboxylic acids is 3. The van der Waals surface area contributed by atoms with Crippen molar-refractivity contribution in [3.63, 3.8) is 0 Å². The number of halogens is 1. The van der Waals surface area contributed by atoms with Crippen LogP contribution in [-0.4, -0.2) is 22.6 Å². The number of aromatic nitrogens is 1. The van der Waals surface area contributed by atoms with Gasteiger partial charge in [-0.15, -0.1) is 0 Å². The Morgan fingerprint density at radius 3 is 2.25 bits per heavy atom. The standard InChI is InChI=1S/C21H16ClN3O3/c1-13(26)14-6-8-16(9-7-14)24-21(28)19-12-15(10-11-23-19)20(27)25-18-5-3-2-4-17(18)22/h2-12H,1H3,(H,24,28)(H,25,27). The minimum absolute atomic E-state index is 0.0585. The van der Waals surface area contributed by atoms with Crippen LogP contribution in [0.1, 0.15) is 38.1 Å². The van der Waals surface area contributed by atoms with Crippen molar-refractivity contribution in [2.24, 2.45) is 0 Å². The second-order valence-corrected chi connectivity index (χ2v) is 6.36. The number of nitrogens with one attached hydrogen (secondary N) is 2. The van der Waals surface area contributed by atoms with E-state index in [0.717, 1.165) is 0 Å². The van der Waals surface area contributed by atoms with Crippen molar-refractivity contribution in [1.29, 1.82) is 0 Å². The van der Waals surface area contributed by atoms with Crippen molar-refractivity contribution < 1.29 is 14.4 Å². The zero-order chi connectivity index (χ0) is 20.1. The van der Waals surface area contributed by atoms with E-state index in [1.54, 1.807) is 48.5 Å². The first kappa shape index (κ1) is 19.3. The number of hydrogen-bond acceptors (Lipinski definition) is 4. The summed E-state index contributed by atoms with van der Waals surface area (Å²) in [7, 11) is 0. The number of hydrogen-bond donors (Lipinski definition) is 2. The molecule has 3 rings (SSSR count). The Morgan fingerprint density at radius 1 is 0.857 bits per heavy atom. The van der Waals surface area contributed by atoms with Crippen molar-refractivity contribution in [2.45, 2.75) is 6.92 Å². The quantitative estimate of drug-likeness (QED) is 0.627. The van der Waals surface area contributed by atoms with Gasteiger partial charge in [0.2, 0.25) is 0 Å². The number of nitrogens with zero attached hydrogens (tertiary/aromatic N) is 1. The largest absolute Gasteiger partial charge is 0.321 e. The van der Waals surface area contributed by atoms with E-state index in [4.69, 9.17) is 11.6 Å². The summed E-state index contributed by atoms with van der Waals surface area (Å²) >= 11 is 6.05. The summed E-state index contributed by atoms with van der Waals surface area (Å²) in [5.74, 6) is -0.935. The number of Topliss-reactive ketones (excluding diaryl/α,β-unsaturated/α-hetero) is 1. The maximum Gasteiger partial charge on any atom is 0.274 e. The highest BCUT2D eigenvalue weighted by Crippen LogP contribution is 2.21. The van der Waals surface area contributed by atoms with Crippen molar-refractivity contribution in [3.05, 3.63) is 88.7 Å². The summed E-state index contributed by atoms with van der Waals surface area (Å²) in [6, 6.07) is 16.3. The van der Waals surface area contributed by atoms with Crippen molar-refractivity contribution >= 4 is 40.6 Å². The average molecular weight is 394 g/mol. The van der Waals surface area contributed by atoms with Crippen LogP contribution in [-0.2, 0) is 0 Å². The van der Waals surface area contributed by atoms with Crippen molar-refractivity contribution in [1.82, 2.24) is 4.98 Å². The van der Waals surface area contributed by atoms with Gasteiger partial charge in [-0.2, -0.15) is 0 Å². The summed E-state index contributed by atoms with van der Waals surface area (Å²) in [6.45, 7) is 1.47. The summed E-state index contributed by atoms with van der Waals surface area (Å²) in [5.41, 5.74) is 1.90. The topological polar surface area (TPSA) is 88.2 Å². The van der Waals surface area contributed by atoms with E-state index in [2.05, 4.69) is 15.6 Å². The lowest BCUT2D eigenvalue weighted by Gasteiger charge is -2.09. The smallest absolute Gasteiger partial charge is 0.274 e. The van der Waals surface area contributed by atoms with Gasteiger partial charge in [-0.1, -0.05) is 23.7 Å². The lowest BCUT2D eigenvalue weighted by molar-refractivity contribution is 0.101. The average Bonchev–Trinajstić information content (AvgIpc) is 2.70. The van der Waals surface area contributed by atoms with Crippen LogP contribution in [0.3, 0.4) is 0 Å². The Balaban J connectivity index is 1.73. The molecule has 0 spiro atoms. The Labute approximate surface area is 166 Å². The van der Waals surface area contributed by atoms with Crippen LogP contribution in [0.25, 0.3) is 0 Å². The summed E-state index contributed by atoms with van der Waals surface area (Å²) in [4.78, 5) is 40.2. The van der Waals surface area contributed by atoms with E-state index in [9.17, 15) is 14.4 Å². The Morgan fingerprint density at radius 2 is 1.57 bits per heavy atom. The number of ketones is 1. The molecule has 1 aromatic heterocycles. The van der Waals surface area contributed by atoms with E-state index in [1.807, 2.05) is 0 Å². The molecule has 28 heavy (non-hydrogen) atoms. The highest BCUT2D eigenvalue weighted by atomic mass is 35.5. The molecule has 0 aliphatic rings. The number of amides is 2. The van der Waals surface area contributed by atoms with Gasteiger partial charge in [-0.05, 0) is 55.5 Å². The van der Waals surface area contributed by atoms with Crippen LogP contribution >= 0.6 is 11.6 Å². The molecule has 0 fully saturated rings. The SMILES string of the molecule is CC(=O)c1ccc(NC(=O)c2cc(C(=O)Nc3ccccc3Cl)ccn2)cc1. The number of anilines is 2. The summed E-state index contributed by atoms with van der Waals surface area (Å²) < 4.78 is 0. The molecule has 2 N–H and O–H groups in total. The fourth-order valence-electron chi connectivity index (χ4n) is 2.44. The van der Waals surface area contributed by atoms with Gasteiger partial charge in [0.25, 0.3) is 11.8 Å². The third kappa shape index (κ3) is 4.61. The molecular weight excluding hydrogens is 378 g/mol. The van der Waals surface area contributed by atoms with Gasteiger partial charge in [0, 0.05) is 23.0 Å². The van der Waals surface area contributed by atoms with E-state index >= 15 is 0 Å². The first-order valence-electron chi connectivity index (χ1n) is 8.38. The van der Waals surface area contributed by atoms with Crippen molar-refractivity contribution in [3.8, 4) is 0 Å². The molecule has 3 aromatic rings. The zero-order valence-electron chi connectivity index (χ0n) is 14.9. The third-order valence-corrected chi connectivity index (χ3v) is 4.26. The van der Waals surface area contributed by atoms with Crippen LogP contribution in [0, 0.1) is 0 Å². The number of para-hydroxylation sites is 1. The normalized spacial score (nSPS) is 10.2. The van der Waals surface area contributed by atoms with Gasteiger partial charge in [0.1, 0.15) is 5.69 Å². The number of rotatable bonds is 5. The molecule has 140 valence electrons. The van der Waals surface area contributed by atoms with Crippen LogP contribution in [0.4, 0.5) is 11.4 Å². The van der Waals surface area contributed by atoms with Crippen molar-refractivity contribution in [2.75, 3.05) is 10.6 Å². The fourth-order valence-corrected chi connectivity index (χ4v) is 2.62. The molecular formula is C21H16ClN3O3. The predicted octanol–water partition coefficient (Wildman–Crippen LogP) is 4.44. The van der Waals surface area contributed by atoms with E-state index in [0.29, 0.717) is 22.0 Å². The monoisotopic (exact) mass is 393 g/mol. The minimum atomic E-state index is -0.469. The Kier molecular flexibility index (Phi) is 5.81. The molecule has 2 amide bonds. The molecule has 2 aromatic carbocycles. The van der Waals surface area contributed by atoms with Gasteiger partial charge in [-0.25, -0.2) is 0 Å². The van der Waals surface area contributed by atoms with Crippen LogP contribution < -0.4 is 10.6 Å². The van der Waals surface area contributed by atoms with Crippen LogP contribution in [0.5, 0.6) is 0 Å². The van der Waals surface area contributed by atoms with Crippen LogP contribution in [0.2, 0.25) is 5.02 Å². The number of carbonyl (C=O) groups is 3. The zero-order valence-corrected chi connectivity index (χ0v) is 15.7. The lowest BCUT2D eigenvalue weighted by atomic mass is 10.1. The van der Waals surface area contributed by atoms with Crippen LogP contribution in [0.15, 0.2) is 66.9 Å². The number of benzene rings is 2. The van der Waals surface area contributed by atoms with Gasteiger partial charge < -0.3 is 10.6 Å². The molecule has 0 saturated carbocycles. The first-order valence-corrected chi connectivity index (χ1v) is 8.76. The van der Waals surface area contributed by atoms with Gasteiger partial charge in [0.15, 0.2) is 5.78 Å². The summed E-state index contributed by atoms with van der Waals surface area (Å²) in [6.07, 6.45) is 1.38. The predicted molar refractivity (Wildman–Crippen MR) is 108 cm³/mol. The van der Waals surface area contributed by atoms with Gasteiger partial charge in [-0.3, -0.25) is 19.4 Å². The molecule has 0 unspecified atom stereocenters. The lowest BCUT2D eigenvalue weighted by Crippen LogP contribution is -2.17. The first-order chi connectivity index (χ1) is 13.4. The highest BCUT2D eigenvalue weighted by molar-refractivity contribution is 6.33. The third-order valence-electron chi connectivity index (χ3n) is 3.93. The fraction of sp³-hybridized carbons (Fsp3) is 0.0476. The maximum atomic E-state index is 12.4. The molecule has 1 heterocycles. The molecule has 7 heteroatoms. The van der Waals surface area contributed by atoms with E-state index in [-0.39, 0.29) is 17.0 Å². The molecule has 6 nitrogen and oxygen atoms in total. The molecule has 0 radical (unpaired) electrons. The second-order valence-electron chi connectivity index (χ2n) is 5.95. The molecule has 0 bridgehead atoms. The number of pyridine rings is 1. The molecule has 0 aliphatic carbocycles. The second kappa shape index (κ2) is 8.45. The molecule has 0 saturated heterocycles. The van der Waals surface area contributed by atoms with E-state index < -0.39 is 11.8 Å². The minimum Gasteiger partial charge on any atom is -0.321 e. The highest BCUT2D eigenvalue weighted by Gasteiger charge is 2.13. The van der Waals surface area contributed by atoms with Gasteiger partial charge in [0.05, 0.1) is 10.7 Å². The molecule has 0 aliphatic heterocycles. The molecule has 0 atom stereocenters. The van der Waals surface area contributed by atoms with E-state index in [1.165, 1.54) is 25.3 Å². The Bertz CT molecular complexity index is 1050. The van der Waals surface area contributed by atoms with Gasteiger partial charge >= 0.3 is 0 Å².